The number of piperazine rings is 3. The SMILES string of the molecule is C.C.C.C.C.CC(C)N1CCN(C(C)(C)C)CC1.CC1CCN(C(C)(C)C)CC1.CC1CCN(C(C)(C)C)CC1.CCN1CCN(C(C)(C)C)CC1.CN(C)C1CCN(C(C)(C)C)CC1.CN1CCN(C(C)(C)C)CC1. The van der Waals surface area contributed by atoms with Gasteiger partial charge >= 0.3 is 0 Å². The molecule has 6 aliphatic heterocycles. The second kappa shape index (κ2) is 38.4. The monoisotopic (exact) mass is 1090 g/mol. The van der Waals surface area contributed by atoms with E-state index in [2.05, 4.69) is 229 Å². The van der Waals surface area contributed by atoms with E-state index >= 15 is 0 Å². The minimum absolute atomic E-state index is 0. The molecule has 0 bridgehead atoms. The van der Waals surface area contributed by atoms with Crippen molar-refractivity contribution < 1.29 is 0 Å². The molecular formula is C66H152N10. The molecule has 6 aliphatic rings. The van der Waals surface area contributed by atoms with E-state index in [-0.39, 0.29) is 37.1 Å². The van der Waals surface area contributed by atoms with Crippen LogP contribution in [0.5, 0.6) is 0 Å². The molecule has 0 aromatic rings. The van der Waals surface area contributed by atoms with Crippen LogP contribution in [0.15, 0.2) is 0 Å². The Balaban J connectivity index is -0.000000262. The quantitative estimate of drug-likeness (QED) is 0.273. The molecule has 0 aliphatic carbocycles. The smallest absolute Gasteiger partial charge is 0.0126 e. The molecule has 10 nitrogen and oxygen atoms in total. The van der Waals surface area contributed by atoms with E-state index < -0.39 is 0 Å². The minimum Gasteiger partial charge on any atom is -0.306 e. The molecule has 6 rings (SSSR count). The van der Waals surface area contributed by atoms with E-state index in [9.17, 15) is 0 Å². The number of hydrogen-bond acceptors (Lipinski definition) is 10. The lowest BCUT2D eigenvalue weighted by Gasteiger charge is -2.43. The highest BCUT2D eigenvalue weighted by Gasteiger charge is 2.30. The van der Waals surface area contributed by atoms with Crippen molar-refractivity contribution in [1.82, 2.24) is 49.0 Å². The lowest BCUT2D eigenvalue weighted by molar-refractivity contribution is 0.0491. The van der Waals surface area contributed by atoms with Crippen molar-refractivity contribution in [2.24, 2.45) is 11.8 Å². The second-order valence-corrected chi connectivity index (χ2v) is 29.4. The molecule has 10 heteroatoms. The van der Waals surface area contributed by atoms with Crippen LogP contribution in [0.4, 0.5) is 0 Å². The van der Waals surface area contributed by atoms with Crippen molar-refractivity contribution >= 4 is 0 Å². The van der Waals surface area contributed by atoms with E-state index in [4.69, 9.17) is 0 Å². The van der Waals surface area contributed by atoms with Gasteiger partial charge in [-0.15, -0.1) is 0 Å². The van der Waals surface area contributed by atoms with Crippen LogP contribution in [-0.4, -0.2) is 240 Å². The fourth-order valence-electron chi connectivity index (χ4n) is 10.5. The minimum atomic E-state index is 0. The molecule has 0 amide bonds. The van der Waals surface area contributed by atoms with Crippen LogP contribution in [0.1, 0.15) is 235 Å². The summed E-state index contributed by atoms with van der Waals surface area (Å²) >= 11 is 0. The summed E-state index contributed by atoms with van der Waals surface area (Å²) < 4.78 is 0. The molecule has 6 fully saturated rings. The molecule has 0 aromatic carbocycles. The van der Waals surface area contributed by atoms with Crippen molar-refractivity contribution in [3.05, 3.63) is 0 Å². The molecule has 6 heterocycles. The lowest BCUT2D eigenvalue weighted by atomic mass is 9.95. The number of hydrogen-bond donors (Lipinski definition) is 0. The van der Waals surface area contributed by atoms with Crippen LogP contribution in [-0.2, 0) is 0 Å². The first-order valence-electron chi connectivity index (χ1n) is 29.7. The van der Waals surface area contributed by atoms with Gasteiger partial charge in [0.25, 0.3) is 0 Å². The van der Waals surface area contributed by atoms with Crippen molar-refractivity contribution in [2.75, 3.05) is 145 Å². The number of nitrogens with zero attached hydrogens (tertiary/aromatic N) is 10. The average molecular weight is 1090 g/mol. The first-order valence-corrected chi connectivity index (χ1v) is 29.7. The normalized spacial score (nSPS) is 21.8. The largest absolute Gasteiger partial charge is 0.306 e. The first kappa shape index (κ1) is 84.4. The summed E-state index contributed by atoms with van der Waals surface area (Å²) in [5.74, 6) is 1.90. The summed E-state index contributed by atoms with van der Waals surface area (Å²) in [6.45, 7) is 76.6. The average Bonchev–Trinajstić information content (AvgIpc) is 3.26. The van der Waals surface area contributed by atoms with Gasteiger partial charge in [-0.1, -0.05) is 57.9 Å². The lowest BCUT2D eigenvalue weighted by Crippen LogP contribution is -2.54. The Hall–Kier alpha value is -0.400. The fourth-order valence-corrected chi connectivity index (χ4v) is 10.5. The Labute approximate surface area is 484 Å². The van der Waals surface area contributed by atoms with Crippen LogP contribution in [0, 0.1) is 11.8 Å². The maximum absolute atomic E-state index is 2.59. The predicted octanol–water partition coefficient (Wildman–Crippen LogP) is 14.3. The summed E-state index contributed by atoms with van der Waals surface area (Å²) in [5, 5.41) is 0. The highest BCUT2D eigenvalue weighted by Crippen LogP contribution is 2.25. The zero-order valence-corrected chi connectivity index (χ0v) is 53.5. The van der Waals surface area contributed by atoms with Crippen molar-refractivity contribution in [3.8, 4) is 0 Å². The van der Waals surface area contributed by atoms with Crippen LogP contribution in [0.2, 0.25) is 0 Å². The Morgan fingerprint density at radius 3 is 0.803 bits per heavy atom. The predicted molar refractivity (Wildman–Crippen MR) is 351 cm³/mol. The third-order valence-corrected chi connectivity index (χ3v) is 16.8. The molecule has 0 spiro atoms. The summed E-state index contributed by atoms with van der Waals surface area (Å²) in [5.41, 5.74) is 2.21. The van der Waals surface area contributed by atoms with Gasteiger partial charge in [0.15, 0.2) is 0 Å². The van der Waals surface area contributed by atoms with Gasteiger partial charge in [0.1, 0.15) is 0 Å². The summed E-state index contributed by atoms with van der Waals surface area (Å²) in [4.78, 5) is 25.3. The van der Waals surface area contributed by atoms with Crippen molar-refractivity contribution in [1.29, 1.82) is 0 Å². The van der Waals surface area contributed by atoms with Gasteiger partial charge in [-0.25, -0.2) is 0 Å². The van der Waals surface area contributed by atoms with E-state index in [1.165, 1.54) is 163 Å². The van der Waals surface area contributed by atoms with Gasteiger partial charge in [-0.3, -0.25) is 34.3 Å². The van der Waals surface area contributed by atoms with Crippen LogP contribution in [0.3, 0.4) is 0 Å². The zero-order chi connectivity index (χ0) is 54.8. The van der Waals surface area contributed by atoms with Gasteiger partial charge in [0, 0.05) is 137 Å². The summed E-state index contributed by atoms with van der Waals surface area (Å²) in [7, 11) is 6.58. The topological polar surface area (TPSA) is 32.4 Å². The van der Waals surface area contributed by atoms with Crippen molar-refractivity contribution in [2.45, 2.75) is 280 Å². The Morgan fingerprint density at radius 1 is 0.355 bits per heavy atom. The maximum atomic E-state index is 2.59. The number of likely N-dealkylation sites (N-methyl/N-ethyl adjacent to an activating group) is 2. The molecular weight excluding hydrogens is 933 g/mol. The zero-order valence-electron chi connectivity index (χ0n) is 53.5. The highest BCUT2D eigenvalue weighted by molar-refractivity contribution is 4.87. The van der Waals surface area contributed by atoms with Crippen LogP contribution >= 0.6 is 0 Å². The van der Waals surface area contributed by atoms with Gasteiger partial charge < -0.3 is 14.7 Å². The molecule has 0 saturated carbocycles. The van der Waals surface area contributed by atoms with Gasteiger partial charge in [-0.2, -0.15) is 0 Å². The number of likely N-dealkylation sites (tertiary alicyclic amines) is 3. The Bertz CT molecular complexity index is 1200. The van der Waals surface area contributed by atoms with Gasteiger partial charge in [-0.05, 0) is 243 Å². The molecule has 0 radical (unpaired) electrons. The van der Waals surface area contributed by atoms with E-state index in [1.54, 1.807) is 0 Å². The van der Waals surface area contributed by atoms with E-state index in [1.807, 2.05) is 0 Å². The third-order valence-electron chi connectivity index (χ3n) is 16.8. The molecule has 76 heavy (non-hydrogen) atoms. The number of piperidine rings is 3. The second-order valence-electron chi connectivity index (χ2n) is 29.4. The standard InChI is InChI=1S/2C11H24N2.C10H22N2.2C10H21N.C9H20N2.5CH4/c1-11(2,3)13-8-6-10(7-9-13)12(4)5;1-10(2)12-6-8-13(9-7-12)11(3,4)5;1-5-11-6-8-12(9-7-11)10(2,3)4;2*1-9-5-7-11(8-6-9)10(2,3)4;1-9(2,3)11-7-5-10(4)6-8-11;;;;;/h2*10H,6-9H2,1-5H3;5-9H2,1-4H3;2*9H,5-8H2,1-4H3;5-8H2,1-4H3;5*1H4. The molecule has 0 aromatic heterocycles. The molecule has 466 valence electrons. The Kier molecular flexibility index (Phi) is 42.6. The summed E-state index contributed by atoms with van der Waals surface area (Å²) in [6.07, 6.45) is 8.19. The highest BCUT2D eigenvalue weighted by atomic mass is 15.3. The fraction of sp³-hybridized carbons (Fsp3) is 1.00. The molecule has 0 N–H and O–H groups in total. The maximum Gasteiger partial charge on any atom is 0.0126 e. The van der Waals surface area contributed by atoms with E-state index in [0.717, 1.165) is 17.9 Å². The van der Waals surface area contributed by atoms with Crippen molar-refractivity contribution in [3.63, 3.8) is 0 Å². The summed E-state index contributed by atoms with van der Waals surface area (Å²) in [6, 6.07) is 1.51. The van der Waals surface area contributed by atoms with Crippen LogP contribution in [0.25, 0.3) is 0 Å². The Morgan fingerprint density at radius 2 is 0.579 bits per heavy atom. The molecule has 6 saturated heterocycles. The number of rotatable bonds is 3. The van der Waals surface area contributed by atoms with Gasteiger partial charge in [0.05, 0.1) is 0 Å². The third kappa shape index (κ3) is 34.8. The van der Waals surface area contributed by atoms with Gasteiger partial charge in [0.2, 0.25) is 0 Å². The molecule has 0 atom stereocenters. The first-order chi connectivity index (χ1) is 32.4. The van der Waals surface area contributed by atoms with Crippen LogP contribution < -0.4 is 0 Å². The van der Waals surface area contributed by atoms with E-state index in [0.29, 0.717) is 39.3 Å². The molecule has 0 unspecified atom stereocenters.